The lowest BCUT2D eigenvalue weighted by atomic mass is 9.99. The second kappa shape index (κ2) is 5.04. The predicted octanol–water partition coefficient (Wildman–Crippen LogP) is 2.33. The second-order valence-electron chi connectivity index (χ2n) is 5.47. The summed E-state index contributed by atoms with van der Waals surface area (Å²) < 4.78 is 20.3. The Bertz CT molecular complexity index is 460. The Hall–Kier alpha value is -1.23. The van der Waals surface area contributed by atoms with Crippen molar-refractivity contribution in [3.8, 4) is 0 Å². The minimum absolute atomic E-state index is 0.0674. The molecule has 3 rings (SSSR count). The van der Waals surface area contributed by atoms with Crippen LogP contribution < -0.4 is 4.90 Å². The standard InChI is InChI=1S/C14H20FN3O/c1-2-11-12(15)13(17-10-16-11)18-7-8-19-14(9-18)5-3-4-6-14/h10H,2-9H2,1H3. The molecular formula is C14H20FN3O. The lowest BCUT2D eigenvalue weighted by Crippen LogP contribution is -2.51. The summed E-state index contributed by atoms with van der Waals surface area (Å²) in [5, 5.41) is 0. The first-order valence-corrected chi connectivity index (χ1v) is 7.12. The summed E-state index contributed by atoms with van der Waals surface area (Å²) in [6, 6.07) is 0. The quantitative estimate of drug-likeness (QED) is 0.822. The van der Waals surface area contributed by atoms with Crippen molar-refractivity contribution < 1.29 is 9.13 Å². The van der Waals surface area contributed by atoms with Crippen molar-refractivity contribution in [2.45, 2.75) is 44.6 Å². The van der Waals surface area contributed by atoms with Gasteiger partial charge in [0.1, 0.15) is 6.33 Å². The van der Waals surface area contributed by atoms with Crippen LogP contribution in [0.25, 0.3) is 0 Å². The van der Waals surface area contributed by atoms with Gasteiger partial charge in [0.05, 0.1) is 17.9 Å². The Morgan fingerprint density at radius 2 is 2.16 bits per heavy atom. The highest BCUT2D eigenvalue weighted by molar-refractivity contribution is 5.42. The van der Waals surface area contributed by atoms with Gasteiger partial charge >= 0.3 is 0 Å². The van der Waals surface area contributed by atoms with E-state index in [9.17, 15) is 4.39 Å². The molecular weight excluding hydrogens is 245 g/mol. The zero-order chi connectivity index (χ0) is 13.3. The number of hydrogen-bond acceptors (Lipinski definition) is 4. The Kier molecular flexibility index (Phi) is 3.39. The van der Waals surface area contributed by atoms with E-state index >= 15 is 0 Å². The first kappa shape index (κ1) is 12.8. The highest BCUT2D eigenvalue weighted by atomic mass is 19.1. The Labute approximate surface area is 113 Å². The van der Waals surface area contributed by atoms with Gasteiger partial charge < -0.3 is 9.64 Å². The van der Waals surface area contributed by atoms with E-state index in [1.165, 1.54) is 19.2 Å². The third-order valence-electron chi connectivity index (χ3n) is 4.24. The van der Waals surface area contributed by atoms with Crippen molar-refractivity contribution in [3.63, 3.8) is 0 Å². The van der Waals surface area contributed by atoms with Crippen LogP contribution in [0.15, 0.2) is 6.33 Å². The number of aryl methyl sites for hydroxylation is 1. The van der Waals surface area contributed by atoms with Crippen molar-refractivity contribution >= 4 is 5.82 Å². The van der Waals surface area contributed by atoms with E-state index in [4.69, 9.17) is 4.74 Å². The smallest absolute Gasteiger partial charge is 0.187 e. The minimum atomic E-state index is -0.264. The number of aromatic nitrogens is 2. The fourth-order valence-electron chi connectivity index (χ4n) is 3.21. The van der Waals surface area contributed by atoms with Crippen LogP contribution in [-0.2, 0) is 11.2 Å². The van der Waals surface area contributed by atoms with Crippen LogP contribution >= 0.6 is 0 Å². The molecule has 19 heavy (non-hydrogen) atoms. The molecule has 2 heterocycles. The predicted molar refractivity (Wildman–Crippen MR) is 70.7 cm³/mol. The fraction of sp³-hybridized carbons (Fsp3) is 0.714. The third-order valence-corrected chi connectivity index (χ3v) is 4.24. The SMILES string of the molecule is CCc1ncnc(N2CCOC3(CCCC3)C2)c1F. The maximum Gasteiger partial charge on any atom is 0.187 e. The van der Waals surface area contributed by atoms with Gasteiger partial charge in [-0.1, -0.05) is 19.8 Å². The maximum atomic E-state index is 14.3. The van der Waals surface area contributed by atoms with Crippen LogP contribution in [0.4, 0.5) is 10.2 Å². The molecule has 1 saturated carbocycles. The van der Waals surface area contributed by atoms with Gasteiger partial charge in [0.15, 0.2) is 11.6 Å². The highest BCUT2D eigenvalue weighted by Gasteiger charge is 2.40. The molecule has 1 spiro atoms. The van der Waals surface area contributed by atoms with E-state index in [-0.39, 0.29) is 11.4 Å². The molecule has 0 radical (unpaired) electrons. The summed E-state index contributed by atoms with van der Waals surface area (Å²) >= 11 is 0. The Balaban J connectivity index is 1.85. The fourth-order valence-corrected chi connectivity index (χ4v) is 3.21. The molecule has 1 aliphatic heterocycles. The Morgan fingerprint density at radius 1 is 1.37 bits per heavy atom. The van der Waals surface area contributed by atoms with E-state index < -0.39 is 0 Å². The molecule has 0 N–H and O–H groups in total. The largest absolute Gasteiger partial charge is 0.371 e. The first-order chi connectivity index (χ1) is 9.24. The second-order valence-corrected chi connectivity index (χ2v) is 5.47. The zero-order valence-corrected chi connectivity index (χ0v) is 11.4. The summed E-state index contributed by atoms with van der Waals surface area (Å²) in [5.41, 5.74) is 0.430. The van der Waals surface area contributed by atoms with E-state index in [1.54, 1.807) is 0 Å². The average molecular weight is 265 g/mol. The number of anilines is 1. The van der Waals surface area contributed by atoms with Crippen molar-refractivity contribution in [1.82, 2.24) is 9.97 Å². The van der Waals surface area contributed by atoms with Crippen LogP contribution in [-0.4, -0.2) is 35.3 Å². The van der Waals surface area contributed by atoms with Gasteiger partial charge in [-0.3, -0.25) is 0 Å². The number of rotatable bonds is 2. The summed E-state index contributed by atoms with van der Waals surface area (Å²) in [5.74, 6) is 0.182. The van der Waals surface area contributed by atoms with Crippen LogP contribution in [0.2, 0.25) is 0 Å². The number of ether oxygens (including phenoxy) is 1. The minimum Gasteiger partial charge on any atom is -0.371 e. The Morgan fingerprint density at radius 3 is 2.89 bits per heavy atom. The molecule has 5 heteroatoms. The van der Waals surface area contributed by atoms with Crippen LogP contribution in [0.5, 0.6) is 0 Å². The lowest BCUT2D eigenvalue weighted by Gasteiger charge is -2.41. The van der Waals surface area contributed by atoms with E-state index in [1.807, 2.05) is 11.8 Å². The topological polar surface area (TPSA) is 38.2 Å². The van der Waals surface area contributed by atoms with Crippen molar-refractivity contribution in [2.75, 3.05) is 24.6 Å². The van der Waals surface area contributed by atoms with Gasteiger partial charge in [-0.25, -0.2) is 14.4 Å². The molecule has 0 bridgehead atoms. The number of morpholine rings is 1. The van der Waals surface area contributed by atoms with Gasteiger partial charge in [-0.05, 0) is 19.3 Å². The van der Waals surface area contributed by atoms with Gasteiger partial charge in [-0.15, -0.1) is 0 Å². The van der Waals surface area contributed by atoms with Crippen LogP contribution in [0.1, 0.15) is 38.3 Å². The number of halogens is 1. The molecule has 0 aromatic carbocycles. The van der Waals surface area contributed by atoms with E-state index in [0.717, 1.165) is 19.4 Å². The lowest BCUT2D eigenvalue weighted by molar-refractivity contribution is -0.0505. The summed E-state index contributed by atoms with van der Waals surface area (Å²) in [7, 11) is 0. The molecule has 1 aromatic heterocycles. The molecule has 0 atom stereocenters. The highest BCUT2D eigenvalue weighted by Crippen LogP contribution is 2.37. The van der Waals surface area contributed by atoms with Crippen molar-refractivity contribution in [3.05, 3.63) is 17.8 Å². The van der Waals surface area contributed by atoms with Gasteiger partial charge in [0.2, 0.25) is 0 Å². The van der Waals surface area contributed by atoms with E-state index in [2.05, 4.69) is 9.97 Å². The molecule has 1 saturated heterocycles. The molecule has 1 aliphatic carbocycles. The molecule has 1 aromatic rings. The molecule has 0 amide bonds. The molecule has 104 valence electrons. The van der Waals surface area contributed by atoms with Crippen molar-refractivity contribution in [2.24, 2.45) is 0 Å². The average Bonchev–Trinajstić information content (AvgIpc) is 2.87. The van der Waals surface area contributed by atoms with Gasteiger partial charge in [-0.2, -0.15) is 0 Å². The van der Waals surface area contributed by atoms with Crippen molar-refractivity contribution in [1.29, 1.82) is 0 Å². The summed E-state index contributed by atoms with van der Waals surface area (Å²) in [4.78, 5) is 10.2. The number of nitrogens with zero attached hydrogens (tertiary/aromatic N) is 3. The zero-order valence-electron chi connectivity index (χ0n) is 11.4. The molecule has 0 unspecified atom stereocenters. The molecule has 2 fully saturated rings. The third kappa shape index (κ3) is 2.31. The summed E-state index contributed by atoms with van der Waals surface area (Å²) in [6.45, 7) is 4.03. The number of hydrogen-bond donors (Lipinski definition) is 0. The van der Waals surface area contributed by atoms with E-state index in [0.29, 0.717) is 31.1 Å². The van der Waals surface area contributed by atoms with Gasteiger partial charge in [0.25, 0.3) is 0 Å². The molecule has 4 nitrogen and oxygen atoms in total. The maximum absolute atomic E-state index is 14.3. The monoisotopic (exact) mass is 265 g/mol. The summed E-state index contributed by atoms with van der Waals surface area (Å²) in [6.07, 6.45) is 6.64. The van der Waals surface area contributed by atoms with Gasteiger partial charge in [0, 0.05) is 13.1 Å². The first-order valence-electron chi connectivity index (χ1n) is 7.12. The van der Waals surface area contributed by atoms with Crippen LogP contribution in [0, 0.1) is 5.82 Å². The molecule has 2 aliphatic rings. The normalized spacial score (nSPS) is 22.1. The van der Waals surface area contributed by atoms with Crippen LogP contribution in [0.3, 0.4) is 0 Å².